The van der Waals surface area contributed by atoms with Crippen molar-refractivity contribution in [1.82, 2.24) is 4.90 Å². The van der Waals surface area contributed by atoms with Crippen LogP contribution >= 0.6 is 11.8 Å². The summed E-state index contributed by atoms with van der Waals surface area (Å²) in [5.41, 5.74) is 2.59. The molecule has 0 bridgehead atoms. The first-order valence-corrected chi connectivity index (χ1v) is 11.7. The second kappa shape index (κ2) is 11.5. The van der Waals surface area contributed by atoms with E-state index in [9.17, 15) is 9.59 Å². The molecule has 178 valence electrons. The van der Waals surface area contributed by atoms with Crippen LogP contribution in [0.2, 0.25) is 0 Å². The van der Waals surface area contributed by atoms with Gasteiger partial charge in [-0.25, -0.2) is 9.79 Å². The van der Waals surface area contributed by atoms with Crippen LogP contribution in [0.25, 0.3) is 6.08 Å². The predicted octanol–water partition coefficient (Wildman–Crippen LogP) is 5.21. The fourth-order valence-corrected chi connectivity index (χ4v) is 4.38. The fraction of sp³-hybridized carbons (Fsp3) is 0.148. The van der Waals surface area contributed by atoms with Gasteiger partial charge in [0.05, 0.1) is 29.3 Å². The summed E-state index contributed by atoms with van der Waals surface area (Å²) in [4.78, 5) is 31.1. The summed E-state index contributed by atoms with van der Waals surface area (Å²) in [5.74, 6) is -0.490. The molecule has 8 heteroatoms. The first-order chi connectivity index (χ1) is 17.0. The molecule has 0 saturated carbocycles. The number of carboxylic acids is 1. The van der Waals surface area contributed by atoms with Crippen LogP contribution < -0.4 is 4.74 Å². The van der Waals surface area contributed by atoms with E-state index < -0.39 is 5.97 Å². The first kappa shape index (κ1) is 24.3. The maximum atomic E-state index is 13.2. The molecule has 1 fully saturated rings. The lowest BCUT2D eigenvalue weighted by molar-refractivity contribution is -0.122. The first-order valence-electron chi connectivity index (χ1n) is 10.9. The van der Waals surface area contributed by atoms with E-state index in [2.05, 4.69) is 4.99 Å². The van der Waals surface area contributed by atoms with Gasteiger partial charge in [-0.05, 0) is 53.7 Å². The van der Waals surface area contributed by atoms with Crippen molar-refractivity contribution in [2.75, 3.05) is 20.3 Å². The van der Waals surface area contributed by atoms with Crippen LogP contribution in [0.15, 0.2) is 88.8 Å². The van der Waals surface area contributed by atoms with E-state index in [1.54, 1.807) is 36.3 Å². The van der Waals surface area contributed by atoms with Gasteiger partial charge in [0.25, 0.3) is 5.91 Å². The Labute approximate surface area is 207 Å². The Morgan fingerprint density at radius 2 is 1.74 bits per heavy atom. The summed E-state index contributed by atoms with van der Waals surface area (Å²) in [5, 5.41) is 9.66. The molecular weight excluding hydrogens is 464 g/mol. The molecule has 1 saturated heterocycles. The summed E-state index contributed by atoms with van der Waals surface area (Å²) in [6, 6.07) is 23.5. The normalized spacial score (nSPS) is 15.7. The van der Waals surface area contributed by atoms with Gasteiger partial charge >= 0.3 is 5.97 Å². The number of hydrogen-bond donors (Lipinski definition) is 1. The van der Waals surface area contributed by atoms with Crippen molar-refractivity contribution in [3.63, 3.8) is 0 Å². The van der Waals surface area contributed by atoms with Gasteiger partial charge in [0.1, 0.15) is 12.4 Å². The van der Waals surface area contributed by atoms with E-state index >= 15 is 0 Å². The average Bonchev–Trinajstić information content (AvgIpc) is 3.16. The Hall–Kier alpha value is -3.88. The summed E-state index contributed by atoms with van der Waals surface area (Å²) in [7, 11) is 1.60. The molecule has 0 radical (unpaired) electrons. The molecule has 3 aromatic carbocycles. The van der Waals surface area contributed by atoms with Gasteiger partial charge in [0.15, 0.2) is 5.17 Å². The van der Waals surface area contributed by atoms with E-state index in [4.69, 9.17) is 14.6 Å². The molecule has 4 rings (SSSR count). The highest BCUT2D eigenvalue weighted by Crippen LogP contribution is 2.35. The summed E-state index contributed by atoms with van der Waals surface area (Å²) >= 11 is 1.32. The van der Waals surface area contributed by atoms with Crippen LogP contribution in [0.3, 0.4) is 0 Å². The molecular formula is C27H24N2O5S. The number of thioether (sulfide) groups is 1. The number of amides is 1. The van der Waals surface area contributed by atoms with Gasteiger partial charge in [-0.3, -0.25) is 9.69 Å². The number of aliphatic imine (C=N–C) groups is 1. The molecule has 0 aromatic heterocycles. The van der Waals surface area contributed by atoms with Gasteiger partial charge < -0.3 is 14.6 Å². The molecule has 1 amide bonds. The molecule has 1 aliphatic rings. The smallest absolute Gasteiger partial charge is 0.335 e. The quantitative estimate of drug-likeness (QED) is 0.416. The summed E-state index contributed by atoms with van der Waals surface area (Å²) in [6.07, 6.45) is 1.81. The third kappa shape index (κ3) is 6.17. The van der Waals surface area contributed by atoms with Crippen molar-refractivity contribution in [1.29, 1.82) is 0 Å². The van der Waals surface area contributed by atoms with Gasteiger partial charge in [0.2, 0.25) is 0 Å². The van der Waals surface area contributed by atoms with Gasteiger partial charge in [-0.2, -0.15) is 0 Å². The number of ether oxygens (including phenoxy) is 2. The van der Waals surface area contributed by atoms with Crippen LogP contribution in [0.4, 0.5) is 5.69 Å². The van der Waals surface area contributed by atoms with E-state index in [1.165, 1.54) is 11.8 Å². The van der Waals surface area contributed by atoms with Crippen molar-refractivity contribution < 1.29 is 24.2 Å². The van der Waals surface area contributed by atoms with E-state index in [0.29, 0.717) is 29.0 Å². The van der Waals surface area contributed by atoms with Crippen molar-refractivity contribution in [3.05, 3.63) is 100 Å². The van der Waals surface area contributed by atoms with Gasteiger partial charge in [-0.1, -0.05) is 48.5 Å². The minimum Gasteiger partial charge on any atom is -0.488 e. The number of para-hydroxylation sites is 2. The van der Waals surface area contributed by atoms with Crippen molar-refractivity contribution in [3.8, 4) is 5.75 Å². The van der Waals surface area contributed by atoms with Gasteiger partial charge in [-0.15, -0.1) is 0 Å². The van der Waals surface area contributed by atoms with Crippen molar-refractivity contribution in [2.45, 2.75) is 6.61 Å². The number of aromatic carboxylic acids is 1. The highest BCUT2D eigenvalue weighted by Gasteiger charge is 2.33. The van der Waals surface area contributed by atoms with Crippen molar-refractivity contribution in [2.24, 2.45) is 4.99 Å². The monoisotopic (exact) mass is 488 g/mol. The minimum atomic E-state index is -0.970. The molecule has 1 heterocycles. The van der Waals surface area contributed by atoms with Crippen LogP contribution in [-0.4, -0.2) is 47.3 Å². The largest absolute Gasteiger partial charge is 0.488 e. The number of carbonyl (C=O) groups is 2. The zero-order valence-electron chi connectivity index (χ0n) is 19.1. The SMILES string of the molecule is COCCN1C(=O)/C(=C/c2ccccc2OCc2ccc(C(=O)O)cc2)SC1=Nc1ccccc1. The lowest BCUT2D eigenvalue weighted by Crippen LogP contribution is -2.32. The Balaban J connectivity index is 1.56. The van der Waals surface area contributed by atoms with E-state index in [-0.39, 0.29) is 18.1 Å². The van der Waals surface area contributed by atoms with Crippen LogP contribution in [0.5, 0.6) is 5.75 Å². The maximum absolute atomic E-state index is 13.2. The van der Waals surface area contributed by atoms with Gasteiger partial charge in [0, 0.05) is 12.7 Å². The van der Waals surface area contributed by atoms with Crippen LogP contribution in [-0.2, 0) is 16.1 Å². The number of rotatable bonds is 9. The fourth-order valence-electron chi connectivity index (χ4n) is 3.36. The minimum absolute atomic E-state index is 0.138. The lowest BCUT2D eigenvalue weighted by atomic mass is 10.1. The number of nitrogens with zero attached hydrogens (tertiary/aromatic N) is 2. The highest BCUT2D eigenvalue weighted by atomic mass is 32.2. The summed E-state index contributed by atoms with van der Waals surface area (Å²) < 4.78 is 11.2. The third-order valence-electron chi connectivity index (χ3n) is 5.19. The molecule has 7 nitrogen and oxygen atoms in total. The maximum Gasteiger partial charge on any atom is 0.335 e. The Morgan fingerprint density at radius 3 is 2.46 bits per heavy atom. The molecule has 0 unspecified atom stereocenters. The molecule has 1 N–H and O–H groups in total. The topological polar surface area (TPSA) is 88.4 Å². The Morgan fingerprint density at radius 1 is 1.03 bits per heavy atom. The highest BCUT2D eigenvalue weighted by molar-refractivity contribution is 8.18. The predicted molar refractivity (Wildman–Crippen MR) is 137 cm³/mol. The molecule has 35 heavy (non-hydrogen) atoms. The molecule has 1 aliphatic heterocycles. The second-order valence-corrected chi connectivity index (χ2v) is 8.63. The summed E-state index contributed by atoms with van der Waals surface area (Å²) in [6.45, 7) is 1.06. The number of carbonyl (C=O) groups excluding carboxylic acids is 1. The average molecular weight is 489 g/mol. The number of carboxylic acid groups (broad SMARTS) is 1. The standard InChI is InChI=1S/C27H24N2O5S/c1-33-16-15-29-25(30)24(35-27(29)28-22-8-3-2-4-9-22)17-21-7-5-6-10-23(21)34-18-19-11-13-20(14-12-19)26(31)32/h2-14,17H,15-16,18H2,1H3,(H,31,32)/b24-17-,28-27?. The molecule has 3 aromatic rings. The molecule has 0 spiro atoms. The van der Waals surface area contributed by atoms with Crippen LogP contribution in [0, 0.1) is 0 Å². The van der Waals surface area contributed by atoms with Crippen LogP contribution in [0.1, 0.15) is 21.5 Å². The zero-order valence-corrected chi connectivity index (χ0v) is 19.9. The Kier molecular flexibility index (Phi) is 7.97. The number of hydrogen-bond acceptors (Lipinski definition) is 6. The van der Waals surface area contributed by atoms with E-state index in [1.807, 2.05) is 60.7 Å². The number of methoxy groups -OCH3 is 1. The third-order valence-corrected chi connectivity index (χ3v) is 6.20. The number of benzene rings is 3. The lowest BCUT2D eigenvalue weighted by Gasteiger charge is -2.14. The second-order valence-electron chi connectivity index (χ2n) is 7.62. The zero-order chi connectivity index (χ0) is 24.6. The molecule has 0 aliphatic carbocycles. The molecule has 0 atom stereocenters. The number of amidine groups is 1. The Bertz CT molecular complexity index is 1260. The van der Waals surface area contributed by atoms with E-state index in [0.717, 1.165) is 16.8 Å². The van der Waals surface area contributed by atoms with Crippen molar-refractivity contribution >= 4 is 40.6 Å².